The third-order valence-corrected chi connectivity index (χ3v) is 4.49. The van der Waals surface area contributed by atoms with Crippen LogP contribution in [0.25, 0.3) is 11.0 Å². The molecule has 3 aromatic rings. The zero-order valence-corrected chi connectivity index (χ0v) is 16.1. The number of carbonyl (C=O) groups is 1. The number of benzene rings is 2. The number of hydrogen-bond acceptors (Lipinski definition) is 4. The number of aryl methyl sites for hydroxylation is 1. The van der Waals surface area contributed by atoms with E-state index in [0.29, 0.717) is 17.9 Å². The van der Waals surface area contributed by atoms with Crippen molar-refractivity contribution in [2.45, 2.75) is 26.9 Å². The van der Waals surface area contributed by atoms with Crippen molar-refractivity contribution in [3.05, 3.63) is 63.6 Å². The number of furan rings is 1. The van der Waals surface area contributed by atoms with E-state index in [4.69, 9.17) is 13.9 Å². The van der Waals surface area contributed by atoms with Crippen LogP contribution < -0.4 is 4.74 Å². The average Bonchev–Trinajstić information content (AvgIpc) is 2.90. The van der Waals surface area contributed by atoms with Gasteiger partial charge in [-0.1, -0.05) is 22.0 Å². The summed E-state index contributed by atoms with van der Waals surface area (Å²) in [4.78, 5) is 11.8. The molecule has 0 radical (unpaired) electrons. The monoisotopic (exact) mass is 420 g/mol. The molecular formula is C20H18BrFO4. The van der Waals surface area contributed by atoms with Gasteiger partial charge in [0.1, 0.15) is 29.5 Å². The van der Waals surface area contributed by atoms with Crippen molar-refractivity contribution in [2.24, 2.45) is 0 Å². The van der Waals surface area contributed by atoms with Crippen LogP contribution in [0.15, 0.2) is 45.3 Å². The van der Waals surface area contributed by atoms with Crippen LogP contribution in [0.1, 0.15) is 23.8 Å². The number of halogens is 2. The predicted molar refractivity (Wildman–Crippen MR) is 99.7 cm³/mol. The summed E-state index contributed by atoms with van der Waals surface area (Å²) >= 11 is 3.45. The second-order valence-corrected chi connectivity index (χ2v) is 6.72. The molecule has 0 saturated heterocycles. The lowest BCUT2D eigenvalue weighted by Crippen LogP contribution is -2.09. The smallest absolute Gasteiger partial charge is 0.310 e. The number of rotatable bonds is 6. The Morgan fingerprint density at radius 1 is 1.23 bits per heavy atom. The first kappa shape index (κ1) is 18.5. The molecule has 0 bridgehead atoms. The van der Waals surface area contributed by atoms with Crippen molar-refractivity contribution >= 4 is 32.9 Å². The molecule has 3 rings (SSSR count). The molecule has 4 nitrogen and oxygen atoms in total. The highest BCUT2D eigenvalue weighted by Gasteiger charge is 2.15. The van der Waals surface area contributed by atoms with Gasteiger partial charge in [0.05, 0.1) is 13.0 Å². The van der Waals surface area contributed by atoms with Crippen LogP contribution >= 0.6 is 15.9 Å². The largest absolute Gasteiger partial charge is 0.488 e. The van der Waals surface area contributed by atoms with Gasteiger partial charge < -0.3 is 13.9 Å². The van der Waals surface area contributed by atoms with Gasteiger partial charge in [-0.25, -0.2) is 4.39 Å². The Balaban J connectivity index is 1.86. The number of carbonyl (C=O) groups excluding carboxylic acids is 1. The van der Waals surface area contributed by atoms with Crippen molar-refractivity contribution in [3.8, 4) is 5.75 Å². The maximum absolute atomic E-state index is 13.7. The molecule has 0 aliphatic rings. The molecule has 0 unspecified atom stereocenters. The average molecular weight is 421 g/mol. The summed E-state index contributed by atoms with van der Waals surface area (Å²) in [6.07, 6.45) is 0.0279. The van der Waals surface area contributed by atoms with E-state index >= 15 is 0 Å². The number of ether oxygens (including phenoxy) is 2. The van der Waals surface area contributed by atoms with E-state index in [0.717, 1.165) is 26.8 Å². The van der Waals surface area contributed by atoms with Gasteiger partial charge in [0.25, 0.3) is 0 Å². The zero-order valence-electron chi connectivity index (χ0n) is 14.5. The number of hydrogen-bond donors (Lipinski definition) is 0. The first-order valence-electron chi connectivity index (χ1n) is 8.22. The molecule has 1 heterocycles. The fourth-order valence-corrected chi connectivity index (χ4v) is 3.11. The molecule has 0 fully saturated rings. The first-order valence-corrected chi connectivity index (χ1v) is 9.01. The van der Waals surface area contributed by atoms with Crippen molar-refractivity contribution in [1.82, 2.24) is 0 Å². The van der Waals surface area contributed by atoms with Crippen molar-refractivity contribution in [3.63, 3.8) is 0 Å². The highest BCUT2D eigenvalue weighted by Crippen LogP contribution is 2.30. The topological polar surface area (TPSA) is 48.7 Å². The lowest BCUT2D eigenvalue weighted by Gasteiger charge is -2.11. The Morgan fingerprint density at radius 3 is 2.81 bits per heavy atom. The van der Waals surface area contributed by atoms with E-state index in [1.807, 2.05) is 25.1 Å². The van der Waals surface area contributed by atoms with Crippen LogP contribution in [0.4, 0.5) is 4.39 Å². The Labute approximate surface area is 159 Å². The molecule has 0 aliphatic carbocycles. The quantitative estimate of drug-likeness (QED) is 0.505. The summed E-state index contributed by atoms with van der Waals surface area (Å²) in [6, 6.07) is 9.86. The summed E-state index contributed by atoms with van der Waals surface area (Å²) in [6.45, 7) is 4.10. The third kappa shape index (κ3) is 4.07. The number of esters is 1. The Bertz CT molecular complexity index is 948. The molecule has 136 valence electrons. The van der Waals surface area contributed by atoms with E-state index in [1.165, 1.54) is 12.1 Å². The molecule has 6 heteroatoms. The van der Waals surface area contributed by atoms with E-state index in [-0.39, 0.29) is 19.0 Å². The summed E-state index contributed by atoms with van der Waals surface area (Å²) in [5.74, 6) is 0.255. The maximum atomic E-state index is 13.7. The first-order chi connectivity index (χ1) is 12.5. The van der Waals surface area contributed by atoms with E-state index < -0.39 is 5.82 Å². The Morgan fingerprint density at radius 2 is 2.04 bits per heavy atom. The molecule has 0 aliphatic heterocycles. The fraction of sp³-hybridized carbons (Fsp3) is 0.250. The molecule has 0 saturated carbocycles. The molecule has 0 N–H and O–H groups in total. The highest BCUT2D eigenvalue weighted by atomic mass is 79.9. The SMILES string of the molecule is CCOC(=O)Cc1ccc(F)cc1OCc1c(C)oc2ccc(Br)cc12. The predicted octanol–water partition coefficient (Wildman–Crippen LogP) is 5.33. The van der Waals surface area contributed by atoms with Crippen molar-refractivity contribution < 1.29 is 23.1 Å². The second kappa shape index (κ2) is 7.91. The molecule has 0 amide bonds. The minimum absolute atomic E-state index is 0.0279. The van der Waals surface area contributed by atoms with Crippen LogP contribution in [-0.2, 0) is 22.6 Å². The second-order valence-electron chi connectivity index (χ2n) is 5.80. The van der Waals surface area contributed by atoms with Crippen LogP contribution in [0.5, 0.6) is 5.75 Å². The highest BCUT2D eigenvalue weighted by molar-refractivity contribution is 9.10. The van der Waals surface area contributed by atoms with Crippen LogP contribution in [0.2, 0.25) is 0 Å². The van der Waals surface area contributed by atoms with Crippen molar-refractivity contribution in [2.75, 3.05) is 6.61 Å². The lowest BCUT2D eigenvalue weighted by molar-refractivity contribution is -0.142. The van der Waals surface area contributed by atoms with Gasteiger partial charge in [0, 0.05) is 27.1 Å². The van der Waals surface area contributed by atoms with E-state index in [2.05, 4.69) is 15.9 Å². The molecule has 0 spiro atoms. The molecule has 26 heavy (non-hydrogen) atoms. The zero-order chi connectivity index (χ0) is 18.7. The van der Waals surface area contributed by atoms with E-state index in [9.17, 15) is 9.18 Å². The summed E-state index contributed by atoms with van der Waals surface area (Å²) in [5.41, 5.74) is 2.22. The third-order valence-electron chi connectivity index (χ3n) is 4.00. The van der Waals surface area contributed by atoms with Crippen LogP contribution in [0, 0.1) is 12.7 Å². The summed E-state index contributed by atoms with van der Waals surface area (Å²) in [7, 11) is 0. The minimum atomic E-state index is -0.427. The van der Waals surface area contributed by atoms with E-state index in [1.54, 1.807) is 13.0 Å². The number of fused-ring (bicyclic) bond motifs is 1. The van der Waals surface area contributed by atoms with Crippen LogP contribution in [-0.4, -0.2) is 12.6 Å². The minimum Gasteiger partial charge on any atom is -0.488 e. The van der Waals surface area contributed by atoms with Gasteiger partial charge in [-0.3, -0.25) is 4.79 Å². The summed E-state index contributed by atoms with van der Waals surface area (Å²) in [5, 5.41) is 0.931. The molecule has 0 atom stereocenters. The van der Waals surface area contributed by atoms with Gasteiger partial charge >= 0.3 is 5.97 Å². The fourth-order valence-electron chi connectivity index (χ4n) is 2.75. The molecule has 2 aromatic carbocycles. The maximum Gasteiger partial charge on any atom is 0.310 e. The Hall–Kier alpha value is -2.34. The molecule has 1 aromatic heterocycles. The lowest BCUT2D eigenvalue weighted by atomic mass is 10.1. The van der Waals surface area contributed by atoms with Crippen molar-refractivity contribution in [1.29, 1.82) is 0 Å². The summed E-state index contributed by atoms with van der Waals surface area (Å²) < 4.78 is 31.1. The van der Waals surface area contributed by atoms with Gasteiger partial charge in [-0.2, -0.15) is 0 Å². The molecular weight excluding hydrogens is 403 g/mol. The van der Waals surface area contributed by atoms with Gasteiger partial charge in [-0.15, -0.1) is 0 Å². The Kier molecular flexibility index (Phi) is 5.61. The normalized spacial score (nSPS) is 10.9. The van der Waals surface area contributed by atoms with Gasteiger partial charge in [0.2, 0.25) is 0 Å². The van der Waals surface area contributed by atoms with Crippen LogP contribution in [0.3, 0.4) is 0 Å². The van der Waals surface area contributed by atoms with Gasteiger partial charge in [-0.05, 0) is 38.1 Å². The standard InChI is InChI=1S/C20H18BrFO4/c1-3-24-20(23)8-13-4-6-15(22)10-19(13)25-11-17-12(2)26-18-7-5-14(21)9-16(17)18/h4-7,9-10H,3,8,11H2,1-2H3. The van der Waals surface area contributed by atoms with Gasteiger partial charge in [0.15, 0.2) is 0 Å².